The molecule has 0 spiro atoms. The zero-order chi connectivity index (χ0) is 16.4. The number of hydrogen-bond acceptors (Lipinski definition) is 5. The molecule has 0 heterocycles. The van der Waals surface area contributed by atoms with Gasteiger partial charge in [0.05, 0.1) is 0 Å². The Morgan fingerprint density at radius 3 is 2.14 bits per heavy atom. The topological polar surface area (TPSA) is 108 Å². The first-order valence-electron chi connectivity index (χ1n) is 6.87. The summed E-state index contributed by atoms with van der Waals surface area (Å²) in [6.07, 6.45) is 0. The molecule has 0 radical (unpaired) electrons. The van der Waals surface area contributed by atoms with Gasteiger partial charge in [-0.2, -0.15) is 0 Å². The number of aliphatic carboxylic acids is 1. The zero-order valence-corrected chi connectivity index (χ0v) is 13.0. The molecule has 0 aliphatic rings. The van der Waals surface area contributed by atoms with Crippen molar-refractivity contribution in [1.29, 1.82) is 0 Å². The lowest BCUT2D eigenvalue weighted by molar-refractivity contribution is -0.143. The van der Waals surface area contributed by atoms with Crippen molar-refractivity contribution >= 4 is 17.9 Å². The van der Waals surface area contributed by atoms with Crippen molar-refractivity contribution in [2.45, 2.75) is 39.8 Å². The Bertz CT molecular complexity index is 350. The number of urea groups is 1. The smallest absolute Gasteiger partial charge is 0.329 e. The minimum atomic E-state index is -1.17. The molecule has 0 rings (SSSR count). The maximum absolute atomic E-state index is 11.4. The lowest BCUT2D eigenvalue weighted by atomic mass is 10.2. The summed E-state index contributed by atoms with van der Waals surface area (Å²) >= 11 is 0. The van der Waals surface area contributed by atoms with Gasteiger partial charge in [-0.3, -0.25) is 15.0 Å². The van der Waals surface area contributed by atoms with Crippen LogP contribution in [0.25, 0.3) is 0 Å². The fourth-order valence-electron chi connectivity index (χ4n) is 1.85. The van der Waals surface area contributed by atoms with Gasteiger partial charge in [0.15, 0.2) is 0 Å². The molecule has 8 heteroatoms. The van der Waals surface area contributed by atoms with Gasteiger partial charge in [0.2, 0.25) is 0 Å². The van der Waals surface area contributed by atoms with Gasteiger partial charge in [0.1, 0.15) is 13.2 Å². The average Bonchev–Trinajstić information content (AvgIpc) is 2.32. The molecular formula is C13H25N3O5. The van der Waals surface area contributed by atoms with E-state index in [9.17, 15) is 14.4 Å². The van der Waals surface area contributed by atoms with E-state index in [0.717, 1.165) is 0 Å². The van der Waals surface area contributed by atoms with Gasteiger partial charge in [-0.15, -0.1) is 0 Å². The van der Waals surface area contributed by atoms with Crippen LogP contribution in [0, 0.1) is 0 Å². The molecule has 0 unspecified atom stereocenters. The summed E-state index contributed by atoms with van der Waals surface area (Å²) in [5.74, 6) is -1.85. The number of hydrogen-bond donors (Lipinski definition) is 3. The largest absolute Gasteiger partial charge is 0.480 e. The van der Waals surface area contributed by atoms with Gasteiger partial charge in [-0.05, 0) is 27.7 Å². The summed E-state index contributed by atoms with van der Waals surface area (Å²) in [5.41, 5.74) is 0. The van der Waals surface area contributed by atoms with Crippen LogP contribution in [0.5, 0.6) is 0 Å². The molecule has 0 saturated heterocycles. The SMILES string of the molecule is CC(C)N(CCNC(=O)NC(=O)COCC(=O)O)C(C)C. The number of carboxylic acids is 1. The number of nitrogens with one attached hydrogen (secondary N) is 2. The zero-order valence-electron chi connectivity index (χ0n) is 13.0. The van der Waals surface area contributed by atoms with Crippen molar-refractivity contribution in [3.63, 3.8) is 0 Å². The van der Waals surface area contributed by atoms with Crippen molar-refractivity contribution < 1.29 is 24.2 Å². The van der Waals surface area contributed by atoms with Crippen LogP contribution < -0.4 is 10.6 Å². The maximum Gasteiger partial charge on any atom is 0.329 e. The van der Waals surface area contributed by atoms with Crippen LogP contribution in [0.15, 0.2) is 0 Å². The molecule has 0 aromatic rings. The van der Waals surface area contributed by atoms with E-state index in [1.165, 1.54) is 0 Å². The second-order valence-corrected chi connectivity index (χ2v) is 5.12. The molecule has 0 aromatic heterocycles. The van der Waals surface area contributed by atoms with Crippen molar-refractivity contribution in [1.82, 2.24) is 15.5 Å². The number of carbonyl (C=O) groups is 3. The van der Waals surface area contributed by atoms with Gasteiger partial charge in [0.25, 0.3) is 5.91 Å². The fraction of sp³-hybridized carbons (Fsp3) is 0.769. The maximum atomic E-state index is 11.4. The Labute approximate surface area is 124 Å². The Hall–Kier alpha value is -1.67. The molecule has 21 heavy (non-hydrogen) atoms. The molecule has 0 aliphatic carbocycles. The molecule has 8 nitrogen and oxygen atoms in total. The van der Waals surface area contributed by atoms with Crippen LogP contribution in [0.3, 0.4) is 0 Å². The van der Waals surface area contributed by atoms with E-state index in [-0.39, 0.29) is 0 Å². The van der Waals surface area contributed by atoms with E-state index in [0.29, 0.717) is 25.2 Å². The normalized spacial score (nSPS) is 11.0. The lowest BCUT2D eigenvalue weighted by Crippen LogP contribution is -2.46. The Balaban J connectivity index is 3.89. The van der Waals surface area contributed by atoms with Gasteiger partial charge in [0, 0.05) is 25.2 Å². The molecular weight excluding hydrogens is 278 g/mol. The average molecular weight is 303 g/mol. The van der Waals surface area contributed by atoms with E-state index in [1.807, 2.05) is 0 Å². The highest BCUT2D eigenvalue weighted by atomic mass is 16.5. The second-order valence-electron chi connectivity index (χ2n) is 5.12. The van der Waals surface area contributed by atoms with Gasteiger partial charge in [-0.1, -0.05) is 0 Å². The van der Waals surface area contributed by atoms with Crippen LogP contribution in [0.4, 0.5) is 4.79 Å². The number of ether oxygens (including phenoxy) is 1. The van der Waals surface area contributed by atoms with Crippen molar-refractivity contribution in [3.05, 3.63) is 0 Å². The molecule has 122 valence electrons. The van der Waals surface area contributed by atoms with E-state index in [1.54, 1.807) is 0 Å². The van der Waals surface area contributed by atoms with Crippen molar-refractivity contribution in [3.8, 4) is 0 Å². The Morgan fingerprint density at radius 1 is 1.10 bits per heavy atom. The van der Waals surface area contributed by atoms with Gasteiger partial charge < -0.3 is 15.2 Å². The first-order chi connectivity index (χ1) is 9.73. The molecule has 3 amide bonds. The monoisotopic (exact) mass is 303 g/mol. The Kier molecular flexibility index (Phi) is 9.31. The first kappa shape index (κ1) is 19.3. The van der Waals surface area contributed by atoms with Gasteiger partial charge >= 0.3 is 12.0 Å². The molecule has 3 N–H and O–H groups in total. The third-order valence-electron chi connectivity index (χ3n) is 2.69. The molecule has 0 aromatic carbocycles. The predicted molar refractivity (Wildman–Crippen MR) is 77.0 cm³/mol. The summed E-state index contributed by atoms with van der Waals surface area (Å²) < 4.78 is 4.56. The van der Waals surface area contributed by atoms with Crippen molar-refractivity contribution in [2.24, 2.45) is 0 Å². The summed E-state index contributed by atoms with van der Waals surface area (Å²) in [7, 11) is 0. The number of nitrogens with zero attached hydrogens (tertiary/aromatic N) is 1. The minimum Gasteiger partial charge on any atom is -0.480 e. The fourth-order valence-corrected chi connectivity index (χ4v) is 1.85. The van der Waals surface area contributed by atoms with Crippen LogP contribution in [-0.2, 0) is 14.3 Å². The number of amides is 3. The van der Waals surface area contributed by atoms with E-state index < -0.39 is 31.1 Å². The van der Waals surface area contributed by atoms with E-state index in [2.05, 4.69) is 48.0 Å². The highest BCUT2D eigenvalue weighted by Gasteiger charge is 2.13. The molecule has 0 atom stereocenters. The van der Waals surface area contributed by atoms with Crippen LogP contribution in [0.1, 0.15) is 27.7 Å². The summed E-state index contributed by atoms with van der Waals surface area (Å²) in [6.45, 7) is 8.33. The van der Waals surface area contributed by atoms with Crippen molar-refractivity contribution in [2.75, 3.05) is 26.3 Å². The highest BCUT2D eigenvalue weighted by Crippen LogP contribution is 2.02. The van der Waals surface area contributed by atoms with Crippen LogP contribution in [0.2, 0.25) is 0 Å². The van der Waals surface area contributed by atoms with Crippen LogP contribution >= 0.6 is 0 Å². The molecule has 0 saturated carbocycles. The second kappa shape index (κ2) is 10.1. The summed E-state index contributed by atoms with van der Waals surface area (Å²) in [5, 5.41) is 13.0. The number of carboxylic acid groups (broad SMARTS) is 1. The quantitative estimate of drug-likeness (QED) is 0.555. The number of imide groups is 1. The molecule has 0 fully saturated rings. The first-order valence-corrected chi connectivity index (χ1v) is 6.87. The number of carbonyl (C=O) groups excluding carboxylic acids is 2. The standard InChI is InChI=1S/C13H25N3O5/c1-9(2)16(10(3)4)6-5-14-13(20)15-11(17)7-21-8-12(18)19/h9-10H,5-8H2,1-4H3,(H,18,19)(H2,14,15,17,20). The van der Waals surface area contributed by atoms with Crippen LogP contribution in [-0.4, -0.2) is 66.3 Å². The number of rotatable bonds is 9. The van der Waals surface area contributed by atoms with E-state index in [4.69, 9.17) is 5.11 Å². The molecule has 0 aliphatic heterocycles. The molecule has 0 bridgehead atoms. The minimum absolute atomic E-state index is 0.362. The third kappa shape index (κ3) is 9.80. The predicted octanol–water partition coefficient (Wildman–Crippen LogP) is 0.0322. The van der Waals surface area contributed by atoms with Gasteiger partial charge in [-0.25, -0.2) is 9.59 Å². The third-order valence-corrected chi connectivity index (χ3v) is 2.69. The lowest BCUT2D eigenvalue weighted by Gasteiger charge is -2.30. The Morgan fingerprint density at radius 2 is 1.67 bits per heavy atom. The highest BCUT2D eigenvalue weighted by molar-refractivity contribution is 5.94. The van der Waals surface area contributed by atoms with E-state index >= 15 is 0 Å². The summed E-state index contributed by atoms with van der Waals surface area (Å²) in [4.78, 5) is 35.1. The summed E-state index contributed by atoms with van der Waals surface area (Å²) in [6, 6.07) is 0.105.